The average Bonchev–Trinajstić information content (AvgIpc) is 2.44. The molecule has 1 rings (SSSR count). The maximum absolute atomic E-state index is 5.51. The highest BCUT2D eigenvalue weighted by Gasteiger charge is 2.27. The molecule has 102 valence electrons. The first kappa shape index (κ1) is 15.2. The predicted octanol–water partition coefficient (Wildman–Crippen LogP) is 3.27. The lowest BCUT2D eigenvalue weighted by atomic mass is 10.3. The maximum Gasteiger partial charge on any atom is 0.334 e. The Bertz CT molecular complexity index is 328. The van der Waals surface area contributed by atoms with Gasteiger partial charge in [0.05, 0.1) is 0 Å². The van der Waals surface area contributed by atoms with Crippen molar-refractivity contribution in [3.63, 3.8) is 0 Å². The third-order valence-corrected chi connectivity index (χ3v) is 6.41. The summed E-state index contributed by atoms with van der Waals surface area (Å²) in [6.45, 7) is 6.39. The number of hydrogen-bond acceptors (Lipinski definition) is 3. The quantitative estimate of drug-likeness (QED) is 0.675. The molecule has 1 aromatic carbocycles. The van der Waals surface area contributed by atoms with E-state index in [1.165, 1.54) is 5.69 Å². The average molecular weight is 267 g/mol. The van der Waals surface area contributed by atoms with Crippen molar-refractivity contribution < 1.29 is 8.85 Å². The number of benzene rings is 1. The molecule has 0 saturated carbocycles. The van der Waals surface area contributed by atoms with Crippen LogP contribution in [0.4, 0.5) is 5.69 Å². The molecule has 0 aliphatic carbocycles. The normalized spacial score (nSPS) is 11.6. The van der Waals surface area contributed by atoms with Gasteiger partial charge < -0.3 is 13.8 Å². The summed E-state index contributed by atoms with van der Waals surface area (Å²) in [5, 5.41) is 0. The number of anilines is 1. The van der Waals surface area contributed by atoms with Gasteiger partial charge in [0.1, 0.15) is 0 Å². The second-order valence-corrected chi connectivity index (χ2v) is 8.14. The Morgan fingerprint density at radius 1 is 1.11 bits per heavy atom. The van der Waals surface area contributed by atoms with E-state index in [2.05, 4.69) is 48.7 Å². The minimum absolute atomic E-state index is 1.03. The Balaban J connectivity index is 2.46. The number of nitrogens with zero attached hydrogens (tertiary/aromatic N) is 1. The zero-order valence-electron chi connectivity index (χ0n) is 12.0. The molecule has 0 aliphatic heterocycles. The molecule has 1 aromatic rings. The molecule has 0 fully saturated rings. The van der Waals surface area contributed by atoms with Gasteiger partial charge in [-0.05, 0) is 38.1 Å². The van der Waals surface area contributed by atoms with Crippen LogP contribution in [-0.2, 0) is 8.85 Å². The van der Waals surface area contributed by atoms with Crippen LogP contribution >= 0.6 is 0 Å². The van der Waals surface area contributed by atoms with Crippen molar-refractivity contribution >= 4 is 14.2 Å². The van der Waals surface area contributed by atoms with E-state index in [-0.39, 0.29) is 0 Å². The number of para-hydroxylation sites is 1. The van der Waals surface area contributed by atoms with Gasteiger partial charge in [0.25, 0.3) is 0 Å². The van der Waals surface area contributed by atoms with Crippen molar-refractivity contribution in [2.24, 2.45) is 0 Å². The van der Waals surface area contributed by atoms with Crippen LogP contribution in [0.25, 0.3) is 0 Å². The first-order chi connectivity index (χ1) is 8.65. The summed E-state index contributed by atoms with van der Waals surface area (Å²) in [6, 6.07) is 11.6. The van der Waals surface area contributed by atoms with E-state index >= 15 is 0 Å². The van der Waals surface area contributed by atoms with Gasteiger partial charge in [-0.2, -0.15) is 0 Å². The lowest BCUT2D eigenvalue weighted by molar-refractivity contribution is 0.248. The Labute approximate surface area is 112 Å². The van der Waals surface area contributed by atoms with Crippen LogP contribution in [0.5, 0.6) is 0 Å². The van der Waals surface area contributed by atoms with Crippen LogP contribution in [0.2, 0.25) is 12.6 Å². The lowest BCUT2D eigenvalue weighted by Gasteiger charge is -2.26. The summed E-state index contributed by atoms with van der Waals surface area (Å²) in [7, 11) is 1.60. The zero-order chi connectivity index (χ0) is 13.4. The van der Waals surface area contributed by atoms with Crippen molar-refractivity contribution in [2.45, 2.75) is 25.9 Å². The van der Waals surface area contributed by atoms with Gasteiger partial charge in [-0.25, -0.2) is 0 Å². The van der Waals surface area contributed by atoms with E-state index in [9.17, 15) is 0 Å². The Kier molecular flexibility index (Phi) is 6.39. The van der Waals surface area contributed by atoms with Crippen LogP contribution in [0.3, 0.4) is 0 Å². The second kappa shape index (κ2) is 7.56. The highest BCUT2D eigenvalue weighted by molar-refractivity contribution is 6.65. The molecule has 0 radical (unpaired) electrons. The van der Waals surface area contributed by atoms with Gasteiger partial charge >= 0.3 is 8.56 Å². The van der Waals surface area contributed by atoms with Gasteiger partial charge in [0.15, 0.2) is 0 Å². The molecular weight excluding hydrogens is 242 g/mol. The first-order valence-electron chi connectivity index (χ1n) is 6.55. The molecule has 0 aromatic heterocycles. The van der Waals surface area contributed by atoms with Gasteiger partial charge in [0, 0.05) is 33.0 Å². The van der Waals surface area contributed by atoms with Crippen LogP contribution in [0, 0.1) is 0 Å². The van der Waals surface area contributed by atoms with E-state index in [4.69, 9.17) is 8.85 Å². The third kappa shape index (κ3) is 4.44. The SMILES string of the molecule is CCN(CCC[Si](C)(OC)OC)c1ccccc1. The molecule has 0 spiro atoms. The first-order valence-corrected chi connectivity index (χ1v) is 9.08. The Hall–Kier alpha value is -0.843. The zero-order valence-corrected chi connectivity index (χ0v) is 13.0. The van der Waals surface area contributed by atoms with E-state index in [0.29, 0.717) is 0 Å². The van der Waals surface area contributed by atoms with E-state index in [1.54, 1.807) is 14.2 Å². The van der Waals surface area contributed by atoms with Gasteiger partial charge in [0.2, 0.25) is 0 Å². The second-order valence-electron chi connectivity index (χ2n) is 4.56. The molecule has 0 aliphatic rings. The summed E-state index contributed by atoms with van der Waals surface area (Å²) in [5.41, 5.74) is 1.29. The molecule has 0 bridgehead atoms. The number of hydrogen-bond donors (Lipinski definition) is 0. The maximum atomic E-state index is 5.51. The van der Waals surface area contributed by atoms with Crippen molar-refractivity contribution in [2.75, 3.05) is 32.2 Å². The highest BCUT2D eigenvalue weighted by atomic mass is 28.4. The molecule has 18 heavy (non-hydrogen) atoms. The predicted molar refractivity (Wildman–Crippen MR) is 79.4 cm³/mol. The summed E-state index contributed by atoms with van der Waals surface area (Å²) in [6.07, 6.45) is 1.10. The van der Waals surface area contributed by atoms with Crippen LogP contribution < -0.4 is 4.90 Å². The summed E-state index contributed by atoms with van der Waals surface area (Å²) in [5.74, 6) is 0. The molecule has 3 nitrogen and oxygen atoms in total. The Morgan fingerprint density at radius 2 is 1.72 bits per heavy atom. The largest absolute Gasteiger partial charge is 0.398 e. The minimum Gasteiger partial charge on any atom is -0.398 e. The Morgan fingerprint density at radius 3 is 2.22 bits per heavy atom. The molecule has 0 atom stereocenters. The molecule has 0 heterocycles. The molecule has 4 heteroatoms. The molecular formula is C14H25NO2Si. The molecule has 0 saturated heterocycles. The van der Waals surface area contributed by atoms with Gasteiger partial charge in [-0.15, -0.1) is 0 Å². The van der Waals surface area contributed by atoms with Crippen molar-refractivity contribution in [1.82, 2.24) is 0 Å². The smallest absolute Gasteiger partial charge is 0.334 e. The highest BCUT2D eigenvalue weighted by Crippen LogP contribution is 2.17. The fraction of sp³-hybridized carbons (Fsp3) is 0.571. The van der Waals surface area contributed by atoms with Crippen molar-refractivity contribution in [3.8, 4) is 0 Å². The molecule has 0 amide bonds. The fourth-order valence-electron chi connectivity index (χ4n) is 1.99. The van der Waals surface area contributed by atoms with Crippen molar-refractivity contribution in [1.29, 1.82) is 0 Å². The monoisotopic (exact) mass is 267 g/mol. The van der Waals surface area contributed by atoms with Crippen LogP contribution in [-0.4, -0.2) is 35.9 Å². The van der Waals surface area contributed by atoms with Crippen molar-refractivity contribution in [3.05, 3.63) is 30.3 Å². The van der Waals surface area contributed by atoms with Gasteiger partial charge in [-0.1, -0.05) is 18.2 Å². The van der Waals surface area contributed by atoms with E-state index < -0.39 is 8.56 Å². The molecule has 0 N–H and O–H groups in total. The summed E-state index contributed by atoms with van der Waals surface area (Å²) < 4.78 is 11.0. The summed E-state index contributed by atoms with van der Waals surface area (Å²) >= 11 is 0. The van der Waals surface area contributed by atoms with E-state index in [1.807, 2.05) is 0 Å². The minimum atomic E-state index is -1.90. The topological polar surface area (TPSA) is 21.7 Å². The molecule has 0 unspecified atom stereocenters. The number of rotatable bonds is 8. The standard InChI is InChI=1S/C14H25NO2Si/c1-5-15(14-10-7-6-8-11-14)12-9-13-18(4,16-2)17-3/h6-8,10-11H,5,9,12-13H2,1-4H3. The third-order valence-electron chi connectivity index (χ3n) is 3.43. The lowest BCUT2D eigenvalue weighted by Crippen LogP contribution is -2.37. The van der Waals surface area contributed by atoms with Crippen LogP contribution in [0.1, 0.15) is 13.3 Å². The van der Waals surface area contributed by atoms with Gasteiger partial charge in [-0.3, -0.25) is 0 Å². The van der Waals surface area contributed by atoms with Crippen LogP contribution in [0.15, 0.2) is 30.3 Å². The fourth-order valence-corrected chi connectivity index (χ4v) is 3.36. The van der Waals surface area contributed by atoms with E-state index in [0.717, 1.165) is 25.6 Å². The summed E-state index contributed by atoms with van der Waals surface area (Å²) in [4.78, 5) is 2.39.